The third kappa shape index (κ3) is 5.36. The number of hydrogen-bond acceptors (Lipinski definition) is 4. The molecule has 0 spiro atoms. The standard InChI is InChI=1S/C18H15Cl3O4/c1-10(2)9-24-17(22)11-4-3-5-12(6-11)18(23)25-15-8-13(19)7-14(20)16(15)21/h3-8,10H,9H2,1-2H3. The predicted molar refractivity (Wildman–Crippen MR) is 98.0 cm³/mol. The average Bonchev–Trinajstić information content (AvgIpc) is 2.57. The maximum absolute atomic E-state index is 12.3. The van der Waals surface area contributed by atoms with E-state index in [9.17, 15) is 9.59 Å². The zero-order valence-electron chi connectivity index (χ0n) is 13.5. The minimum absolute atomic E-state index is 0.0388. The van der Waals surface area contributed by atoms with Gasteiger partial charge in [0.05, 0.1) is 22.8 Å². The lowest BCUT2D eigenvalue weighted by atomic mass is 10.1. The Balaban J connectivity index is 2.18. The SMILES string of the molecule is CC(C)COC(=O)c1cccc(C(=O)Oc2cc(Cl)cc(Cl)c2Cl)c1. The molecule has 25 heavy (non-hydrogen) atoms. The lowest BCUT2D eigenvalue weighted by molar-refractivity contribution is 0.0459. The summed E-state index contributed by atoms with van der Waals surface area (Å²) < 4.78 is 10.4. The highest BCUT2D eigenvalue weighted by atomic mass is 35.5. The topological polar surface area (TPSA) is 52.6 Å². The van der Waals surface area contributed by atoms with Gasteiger partial charge in [0.25, 0.3) is 0 Å². The van der Waals surface area contributed by atoms with Crippen molar-refractivity contribution in [1.82, 2.24) is 0 Å². The lowest BCUT2D eigenvalue weighted by Gasteiger charge is -2.10. The van der Waals surface area contributed by atoms with Crippen molar-refractivity contribution in [3.8, 4) is 5.75 Å². The second-order valence-corrected chi connectivity index (χ2v) is 6.88. The summed E-state index contributed by atoms with van der Waals surface area (Å²) in [6.07, 6.45) is 0. The quantitative estimate of drug-likeness (QED) is 0.367. The van der Waals surface area contributed by atoms with E-state index in [1.165, 1.54) is 24.3 Å². The van der Waals surface area contributed by atoms with Crippen molar-refractivity contribution in [2.24, 2.45) is 5.92 Å². The molecule has 2 aromatic carbocycles. The number of halogens is 3. The molecule has 132 valence electrons. The highest BCUT2D eigenvalue weighted by Gasteiger charge is 2.16. The van der Waals surface area contributed by atoms with Crippen LogP contribution in [0.4, 0.5) is 0 Å². The molecule has 0 fully saturated rings. The van der Waals surface area contributed by atoms with Crippen LogP contribution in [0.1, 0.15) is 34.6 Å². The molecule has 0 saturated heterocycles. The van der Waals surface area contributed by atoms with Gasteiger partial charge in [-0.3, -0.25) is 0 Å². The van der Waals surface area contributed by atoms with Crippen molar-refractivity contribution in [3.63, 3.8) is 0 Å². The van der Waals surface area contributed by atoms with Gasteiger partial charge in [-0.05, 0) is 30.2 Å². The third-order valence-corrected chi connectivity index (χ3v) is 4.05. The molecule has 2 rings (SSSR count). The van der Waals surface area contributed by atoms with Crippen LogP contribution in [0.25, 0.3) is 0 Å². The number of rotatable bonds is 5. The number of carbonyl (C=O) groups is 2. The first-order chi connectivity index (χ1) is 11.8. The molecule has 0 radical (unpaired) electrons. The molecule has 0 atom stereocenters. The van der Waals surface area contributed by atoms with E-state index in [1.807, 2.05) is 13.8 Å². The van der Waals surface area contributed by atoms with Gasteiger partial charge in [0, 0.05) is 11.1 Å². The Morgan fingerprint density at radius 1 is 1.00 bits per heavy atom. The molecule has 0 heterocycles. The highest BCUT2D eigenvalue weighted by Crippen LogP contribution is 2.35. The van der Waals surface area contributed by atoms with Crippen molar-refractivity contribution in [1.29, 1.82) is 0 Å². The summed E-state index contributed by atoms with van der Waals surface area (Å²) in [5.41, 5.74) is 0.427. The predicted octanol–water partition coefficient (Wildman–Crippen LogP) is 5.68. The number of esters is 2. The van der Waals surface area contributed by atoms with Gasteiger partial charge >= 0.3 is 11.9 Å². The molecule has 7 heteroatoms. The van der Waals surface area contributed by atoms with E-state index in [0.29, 0.717) is 6.61 Å². The Kier molecular flexibility index (Phi) is 6.71. The second-order valence-electron chi connectivity index (χ2n) is 5.66. The van der Waals surface area contributed by atoms with Crippen LogP contribution in [0.2, 0.25) is 15.1 Å². The van der Waals surface area contributed by atoms with Gasteiger partial charge in [-0.2, -0.15) is 0 Å². The van der Waals surface area contributed by atoms with Crippen LogP contribution in [-0.2, 0) is 4.74 Å². The minimum Gasteiger partial charge on any atom is -0.462 e. The number of carbonyl (C=O) groups excluding carboxylic acids is 2. The fourth-order valence-corrected chi connectivity index (χ4v) is 2.49. The summed E-state index contributed by atoms with van der Waals surface area (Å²) >= 11 is 17.8. The number of hydrogen-bond donors (Lipinski definition) is 0. The van der Waals surface area contributed by atoms with E-state index in [0.717, 1.165) is 0 Å². The van der Waals surface area contributed by atoms with Gasteiger partial charge in [-0.15, -0.1) is 0 Å². The molecule has 0 unspecified atom stereocenters. The molecule has 0 aliphatic rings. The number of benzene rings is 2. The van der Waals surface area contributed by atoms with Crippen LogP contribution < -0.4 is 4.74 Å². The molecule has 0 aliphatic heterocycles. The number of ether oxygens (including phenoxy) is 2. The van der Waals surface area contributed by atoms with E-state index in [2.05, 4.69) is 0 Å². The summed E-state index contributed by atoms with van der Waals surface area (Å²) in [4.78, 5) is 24.3. The molecule has 0 bridgehead atoms. The Labute approximate surface area is 160 Å². The first kappa shape index (κ1) is 19.6. The summed E-state index contributed by atoms with van der Waals surface area (Å²) in [6.45, 7) is 4.16. The summed E-state index contributed by atoms with van der Waals surface area (Å²) in [7, 11) is 0. The van der Waals surface area contributed by atoms with Gasteiger partial charge < -0.3 is 9.47 Å². The minimum atomic E-state index is -0.696. The smallest absolute Gasteiger partial charge is 0.343 e. The normalized spacial score (nSPS) is 10.6. The maximum Gasteiger partial charge on any atom is 0.343 e. The van der Waals surface area contributed by atoms with Gasteiger partial charge in [-0.1, -0.05) is 54.7 Å². The molecular formula is C18H15Cl3O4. The van der Waals surface area contributed by atoms with Crippen molar-refractivity contribution in [2.45, 2.75) is 13.8 Å². The fraction of sp³-hybridized carbons (Fsp3) is 0.222. The average molecular weight is 402 g/mol. The van der Waals surface area contributed by atoms with E-state index < -0.39 is 11.9 Å². The third-order valence-electron chi connectivity index (χ3n) is 3.04. The molecule has 0 N–H and O–H groups in total. The van der Waals surface area contributed by atoms with Crippen LogP contribution in [0, 0.1) is 5.92 Å². The fourth-order valence-electron chi connectivity index (χ4n) is 1.86. The van der Waals surface area contributed by atoms with Crippen molar-refractivity contribution in [2.75, 3.05) is 6.61 Å². The van der Waals surface area contributed by atoms with Crippen LogP contribution in [0.3, 0.4) is 0 Å². The highest BCUT2D eigenvalue weighted by molar-refractivity contribution is 6.44. The monoisotopic (exact) mass is 400 g/mol. The Hall–Kier alpha value is -1.75. The lowest BCUT2D eigenvalue weighted by Crippen LogP contribution is -2.13. The van der Waals surface area contributed by atoms with Crippen LogP contribution in [0.5, 0.6) is 5.75 Å². The first-order valence-corrected chi connectivity index (χ1v) is 8.55. The maximum atomic E-state index is 12.3. The molecule has 0 aromatic heterocycles. The summed E-state index contributed by atoms with van der Waals surface area (Å²) in [5, 5.41) is 0.526. The Morgan fingerprint density at radius 2 is 1.64 bits per heavy atom. The van der Waals surface area contributed by atoms with E-state index in [-0.39, 0.29) is 37.9 Å². The van der Waals surface area contributed by atoms with Crippen LogP contribution in [-0.4, -0.2) is 18.5 Å². The summed E-state index contributed by atoms with van der Waals surface area (Å²) in [6, 6.07) is 8.85. The zero-order chi connectivity index (χ0) is 18.6. The van der Waals surface area contributed by atoms with Crippen LogP contribution in [0.15, 0.2) is 36.4 Å². The zero-order valence-corrected chi connectivity index (χ0v) is 15.8. The van der Waals surface area contributed by atoms with Crippen molar-refractivity contribution >= 4 is 46.7 Å². The summed E-state index contributed by atoms with van der Waals surface area (Å²) in [5.74, 6) is -0.949. The molecule has 0 saturated carbocycles. The van der Waals surface area contributed by atoms with E-state index in [4.69, 9.17) is 44.3 Å². The van der Waals surface area contributed by atoms with E-state index in [1.54, 1.807) is 12.1 Å². The van der Waals surface area contributed by atoms with Crippen molar-refractivity contribution in [3.05, 3.63) is 62.6 Å². The second kappa shape index (κ2) is 8.56. The van der Waals surface area contributed by atoms with Gasteiger partial charge in [0.15, 0.2) is 5.75 Å². The van der Waals surface area contributed by atoms with Crippen LogP contribution >= 0.6 is 34.8 Å². The first-order valence-electron chi connectivity index (χ1n) is 7.42. The van der Waals surface area contributed by atoms with Gasteiger partial charge in [0.2, 0.25) is 0 Å². The molecule has 0 aliphatic carbocycles. The van der Waals surface area contributed by atoms with Gasteiger partial charge in [-0.25, -0.2) is 9.59 Å². The Bertz CT molecular complexity index is 803. The molecule has 4 nitrogen and oxygen atoms in total. The largest absolute Gasteiger partial charge is 0.462 e. The Morgan fingerprint density at radius 3 is 2.28 bits per heavy atom. The molecule has 0 amide bonds. The van der Waals surface area contributed by atoms with Crippen molar-refractivity contribution < 1.29 is 19.1 Å². The molecular weight excluding hydrogens is 387 g/mol. The molecule has 2 aromatic rings. The van der Waals surface area contributed by atoms with E-state index >= 15 is 0 Å². The van der Waals surface area contributed by atoms with Gasteiger partial charge in [0.1, 0.15) is 5.02 Å².